The van der Waals surface area contributed by atoms with Crippen LogP contribution in [-0.2, 0) is 11.2 Å². The van der Waals surface area contributed by atoms with E-state index in [9.17, 15) is 9.18 Å². The average Bonchev–Trinajstić information content (AvgIpc) is 3.34. The maximum atomic E-state index is 13.8. The Bertz CT molecular complexity index is 1690. The monoisotopic (exact) mass is 619 g/mol. The number of nitrogens with one attached hydrogen (secondary N) is 1. The van der Waals surface area contributed by atoms with Gasteiger partial charge in [0.2, 0.25) is 0 Å². The molecule has 1 amide bonds. The predicted molar refractivity (Wildman–Crippen MR) is 169 cm³/mol. The quantitative estimate of drug-likeness (QED) is 0.235. The van der Waals surface area contributed by atoms with Gasteiger partial charge in [0.15, 0.2) is 0 Å². The van der Waals surface area contributed by atoms with Gasteiger partial charge < -0.3 is 10.1 Å². The third-order valence-corrected chi connectivity index (χ3v) is 7.37. The zero-order chi connectivity index (χ0) is 30.9. The Balaban J connectivity index is 1.69. The molecule has 5 rings (SSSR count). The summed E-state index contributed by atoms with van der Waals surface area (Å²) in [6, 6.07) is 16.8. The molecule has 0 aliphatic carbocycles. The molecule has 0 fully saturated rings. The summed E-state index contributed by atoms with van der Waals surface area (Å²) in [4.78, 5) is 19.6. The van der Waals surface area contributed by atoms with Crippen LogP contribution in [0.4, 0.5) is 9.18 Å². The third kappa shape index (κ3) is 6.76. The van der Waals surface area contributed by atoms with Crippen LogP contribution in [-0.4, -0.2) is 37.9 Å². The normalized spacial score (nSPS) is 14.8. The number of amides is 1. The molecule has 0 saturated heterocycles. The molecule has 1 unspecified atom stereocenters. The van der Waals surface area contributed by atoms with Crippen LogP contribution in [0.3, 0.4) is 0 Å². The fraction of sp³-hybridized carbons (Fsp3) is 0.242. The molecule has 1 atom stereocenters. The first-order valence-corrected chi connectivity index (χ1v) is 14.6. The standard InChI is InChI=1S/C33H32Cl2FN5O2/c1-20(27-8-6-7-16-37-27)38-21(2)30-25-15-17-40(32(42)43-33(3,4)5)29(18-22-9-12-24(36)13-10-22)31(25)41(39-30)28-14-11-23(34)19-26(28)35/h6-14,16,18-20,38H,2,15,17H2,1,3-5H3/b29-18-. The maximum absolute atomic E-state index is 13.8. The Kier molecular flexibility index (Phi) is 8.62. The van der Waals surface area contributed by atoms with Crippen molar-refractivity contribution in [3.05, 3.63) is 118 Å². The largest absolute Gasteiger partial charge is 0.443 e. The molecule has 222 valence electrons. The van der Waals surface area contributed by atoms with Crippen molar-refractivity contribution in [1.29, 1.82) is 0 Å². The number of carbonyl (C=O) groups excluding carboxylic acids is 1. The fourth-order valence-corrected chi connectivity index (χ4v) is 5.39. The van der Waals surface area contributed by atoms with Gasteiger partial charge in [-0.25, -0.2) is 13.9 Å². The van der Waals surface area contributed by atoms with Gasteiger partial charge in [0, 0.05) is 23.3 Å². The first kappa shape index (κ1) is 30.3. The van der Waals surface area contributed by atoms with Crippen LogP contribution in [0.15, 0.2) is 73.4 Å². The van der Waals surface area contributed by atoms with E-state index in [1.165, 1.54) is 12.1 Å². The first-order chi connectivity index (χ1) is 20.4. The summed E-state index contributed by atoms with van der Waals surface area (Å²) in [5.41, 5.74) is 4.62. The van der Waals surface area contributed by atoms with Crippen LogP contribution < -0.4 is 5.32 Å². The molecule has 0 spiro atoms. The number of pyridine rings is 1. The molecule has 0 saturated carbocycles. The van der Waals surface area contributed by atoms with Crippen LogP contribution in [0.5, 0.6) is 0 Å². The molecule has 0 radical (unpaired) electrons. The van der Waals surface area contributed by atoms with E-state index < -0.39 is 11.7 Å². The molecule has 2 aromatic carbocycles. The molecule has 0 bridgehead atoms. The van der Waals surface area contributed by atoms with Crippen LogP contribution in [0.2, 0.25) is 10.0 Å². The number of hydrogen-bond acceptors (Lipinski definition) is 5. The second-order valence-electron chi connectivity index (χ2n) is 11.2. The predicted octanol–water partition coefficient (Wildman–Crippen LogP) is 8.33. The smallest absolute Gasteiger partial charge is 0.414 e. The van der Waals surface area contributed by atoms with Crippen molar-refractivity contribution in [1.82, 2.24) is 25.0 Å². The first-order valence-electron chi connectivity index (χ1n) is 13.8. The van der Waals surface area contributed by atoms with Crippen LogP contribution in [0, 0.1) is 5.82 Å². The minimum absolute atomic E-state index is 0.148. The molecule has 43 heavy (non-hydrogen) atoms. The lowest BCUT2D eigenvalue weighted by Gasteiger charge is -2.33. The Morgan fingerprint density at radius 3 is 2.53 bits per heavy atom. The number of halogens is 3. The van der Waals surface area contributed by atoms with E-state index in [1.54, 1.807) is 46.1 Å². The minimum Gasteiger partial charge on any atom is -0.443 e. The van der Waals surface area contributed by atoms with Crippen molar-refractivity contribution in [3.8, 4) is 5.69 Å². The Hall–Kier alpha value is -4.14. The highest BCUT2D eigenvalue weighted by Gasteiger charge is 2.36. The molecule has 2 aromatic heterocycles. The van der Waals surface area contributed by atoms with Gasteiger partial charge in [-0.1, -0.05) is 48.0 Å². The second-order valence-corrected chi connectivity index (χ2v) is 12.1. The molecule has 4 aromatic rings. The van der Waals surface area contributed by atoms with E-state index in [0.29, 0.717) is 57.0 Å². The summed E-state index contributed by atoms with van der Waals surface area (Å²) in [7, 11) is 0. The summed E-state index contributed by atoms with van der Waals surface area (Å²) in [5.74, 6) is -0.361. The van der Waals surface area contributed by atoms with Gasteiger partial charge in [-0.2, -0.15) is 5.10 Å². The van der Waals surface area contributed by atoms with Gasteiger partial charge in [0.1, 0.15) is 17.1 Å². The number of nitrogens with zero attached hydrogens (tertiary/aromatic N) is 4. The maximum Gasteiger partial charge on any atom is 0.414 e. The average molecular weight is 621 g/mol. The highest BCUT2D eigenvalue weighted by atomic mass is 35.5. The molecule has 3 heterocycles. The summed E-state index contributed by atoms with van der Waals surface area (Å²) < 4.78 is 21.3. The van der Waals surface area contributed by atoms with Crippen molar-refractivity contribution in [2.75, 3.05) is 6.54 Å². The van der Waals surface area contributed by atoms with Gasteiger partial charge in [0.25, 0.3) is 0 Å². The van der Waals surface area contributed by atoms with Crippen molar-refractivity contribution < 1.29 is 13.9 Å². The van der Waals surface area contributed by atoms with E-state index >= 15 is 0 Å². The van der Waals surface area contributed by atoms with Gasteiger partial charge in [0.05, 0.1) is 39.5 Å². The zero-order valence-electron chi connectivity index (χ0n) is 24.4. The van der Waals surface area contributed by atoms with E-state index in [2.05, 4.69) is 16.9 Å². The minimum atomic E-state index is -0.719. The summed E-state index contributed by atoms with van der Waals surface area (Å²) in [6.07, 6.45) is 3.52. The van der Waals surface area contributed by atoms with Crippen LogP contribution in [0.25, 0.3) is 23.2 Å². The van der Waals surface area contributed by atoms with E-state index in [0.717, 1.165) is 11.3 Å². The fourth-order valence-electron chi connectivity index (χ4n) is 4.90. The van der Waals surface area contributed by atoms with Crippen molar-refractivity contribution in [2.45, 2.75) is 45.8 Å². The lowest BCUT2D eigenvalue weighted by Crippen LogP contribution is -2.39. The number of benzene rings is 2. The molecular weight excluding hydrogens is 588 g/mol. The molecule has 10 heteroatoms. The summed E-state index contributed by atoms with van der Waals surface area (Å²) in [5, 5.41) is 9.28. The molecule has 1 N–H and O–H groups in total. The van der Waals surface area contributed by atoms with Gasteiger partial charge in [-0.15, -0.1) is 0 Å². The zero-order valence-corrected chi connectivity index (χ0v) is 25.9. The third-order valence-electron chi connectivity index (χ3n) is 6.84. The van der Waals surface area contributed by atoms with E-state index in [4.69, 9.17) is 33.0 Å². The van der Waals surface area contributed by atoms with E-state index in [-0.39, 0.29) is 11.9 Å². The van der Waals surface area contributed by atoms with Gasteiger partial charge in [-0.3, -0.25) is 9.88 Å². The second kappa shape index (κ2) is 12.2. The number of hydrogen-bond donors (Lipinski definition) is 1. The summed E-state index contributed by atoms with van der Waals surface area (Å²) in [6.45, 7) is 12.1. The molecule has 7 nitrogen and oxygen atoms in total. The van der Waals surface area contributed by atoms with Crippen molar-refractivity contribution in [3.63, 3.8) is 0 Å². The lowest BCUT2D eigenvalue weighted by atomic mass is 9.98. The van der Waals surface area contributed by atoms with Crippen molar-refractivity contribution >= 4 is 46.8 Å². The van der Waals surface area contributed by atoms with Crippen molar-refractivity contribution in [2.24, 2.45) is 0 Å². The van der Waals surface area contributed by atoms with Gasteiger partial charge >= 0.3 is 6.09 Å². The summed E-state index contributed by atoms with van der Waals surface area (Å²) >= 11 is 13.0. The molecular formula is C33H32Cl2FN5O2. The number of ether oxygens (including phenoxy) is 1. The number of aromatic nitrogens is 3. The number of fused-ring (bicyclic) bond motifs is 1. The number of rotatable bonds is 6. The highest BCUT2D eigenvalue weighted by molar-refractivity contribution is 6.35. The Labute approximate surface area is 260 Å². The highest BCUT2D eigenvalue weighted by Crippen LogP contribution is 2.38. The van der Waals surface area contributed by atoms with Crippen LogP contribution in [0.1, 0.15) is 61.9 Å². The molecule has 1 aliphatic heterocycles. The lowest BCUT2D eigenvalue weighted by molar-refractivity contribution is 0.0351. The topological polar surface area (TPSA) is 72.3 Å². The van der Waals surface area contributed by atoms with Crippen LogP contribution >= 0.6 is 23.2 Å². The Morgan fingerprint density at radius 1 is 1.14 bits per heavy atom. The van der Waals surface area contributed by atoms with Gasteiger partial charge in [-0.05, 0) is 88.2 Å². The number of carbonyl (C=O) groups is 1. The van der Waals surface area contributed by atoms with E-state index in [1.807, 2.05) is 52.0 Å². The molecule has 1 aliphatic rings. The Morgan fingerprint density at radius 2 is 1.88 bits per heavy atom. The SMILES string of the molecule is C=C(NC(C)c1ccccn1)c1nn(-c2ccc(Cl)cc2Cl)c2c1CCN(C(=O)OC(C)(C)C)/C2=C\c1ccc(F)cc1.